The van der Waals surface area contributed by atoms with Crippen molar-refractivity contribution in [1.82, 2.24) is 14.3 Å². The van der Waals surface area contributed by atoms with Gasteiger partial charge in [-0.2, -0.15) is 0 Å². The van der Waals surface area contributed by atoms with Crippen molar-refractivity contribution in [2.75, 3.05) is 31.6 Å². The van der Waals surface area contributed by atoms with Crippen LogP contribution in [0.3, 0.4) is 0 Å². The Morgan fingerprint density at radius 2 is 2.03 bits per heavy atom. The fourth-order valence-corrected chi connectivity index (χ4v) is 6.16. The van der Waals surface area contributed by atoms with Crippen LogP contribution in [0, 0.1) is 11.7 Å². The maximum absolute atomic E-state index is 15.6. The molecule has 1 saturated carbocycles. The third-order valence-electron chi connectivity index (χ3n) is 7.07. The fourth-order valence-electron chi connectivity index (χ4n) is 5.24. The highest BCUT2D eigenvalue weighted by Crippen LogP contribution is 2.46. The Morgan fingerprint density at radius 1 is 1.30 bits per heavy atom. The minimum atomic E-state index is -0.485. The highest BCUT2D eigenvalue weighted by Gasteiger charge is 2.38. The summed E-state index contributed by atoms with van der Waals surface area (Å²) >= 11 is 1.16. The van der Waals surface area contributed by atoms with Crippen molar-refractivity contribution in [3.8, 4) is 5.75 Å². The predicted octanol–water partition coefficient (Wildman–Crippen LogP) is 4.02. The lowest BCUT2D eigenvalue weighted by Gasteiger charge is -2.33. The second kappa shape index (κ2) is 8.60. The molecule has 10 heteroatoms. The first kappa shape index (κ1) is 24.0. The molecule has 1 aliphatic carbocycles. The number of halogens is 2. The lowest BCUT2D eigenvalue weighted by Crippen LogP contribution is -2.47. The molecule has 0 spiro atoms. The number of fused-ring (bicyclic) bond motifs is 2. The average molecular weight is 497 g/mol. The van der Waals surface area contributed by atoms with Gasteiger partial charge >= 0.3 is 0 Å². The third-order valence-corrected chi connectivity index (χ3v) is 7.95. The molecular formula is C23H30ClFN4O3S. The van der Waals surface area contributed by atoms with Crippen LogP contribution < -0.4 is 25.9 Å². The molecule has 0 amide bonds. The number of methoxy groups -OCH3 is 1. The highest BCUT2D eigenvalue weighted by atomic mass is 35.5. The quantitative estimate of drug-likeness (QED) is 0.538. The Morgan fingerprint density at radius 3 is 2.67 bits per heavy atom. The van der Waals surface area contributed by atoms with Gasteiger partial charge in [0.2, 0.25) is 5.43 Å². The van der Waals surface area contributed by atoms with E-state index in [9.17, 15) is 9.59 Å². The summed E-state index contributed by atoms with van der Waals surface area (Å²) < 4.78 is 26.1. The molecule has 0 unspecified atom stereocenters. The molecule has 5 rings (SSSR count). The molecule has 180 valence electrons. The van der Waals surface area contributed by atoms with E-state index in [2.05, 4.69) is 30.5 Å². The topological polar surface area (TPSA) is 79.4 Å². The van der Waals surface area contributed by atoms with Gasteiger partial charge in [-0.25, -0.2) is 4.39 Å². The largest absolute Gasteiger partial charge is 0.492 e. The first-order chi connectivity index (χ1) is 15.3. The molecule has 2 N–H and O–H groups in total. The van der Waals surface area contributed by atoms with Gasteiger partial charge in [-0.15, -0.1) is 12.4 Å². The summed E-state index contributed by atoms with van der Waals surface area (Å²) in [5, 5.41) is 3.85. The predicted molar refractivity (Wildman–Crippen MR) is 134 cm³/mol. The number of aromatic amines is 1. The van der Waals surface area contributed by atoms with E-state index in [0.717, 1.165) is 37.3 Å². The Labute approximate surface area is 201 Å². The smallest absolute Gasteiger partial charge is 0.271 e. The zero-order chi connectivity index (χ0) is 22.8. The average Bonchev–Trinajstić information content (AvgIpc) is 3.32. The van der Waals surface area contributed by atoms with Crippen molar-refractivity contribution in [3.05, 3.63) is 32.5 Å². The highest BCUT2D eigenvalue weighted by molar-refractivity contribution is 7.12. The van der Waals surface area contributed by atoms with Crippen LogP contribution in [0.1, 0.15) is 46.1 Å². The van der Waals surface area contributed by atoms with Crippen molar-refractivity contribution in [2.45, 2.75) is 51.6 Å². The molecule has 1 aromatic carbocycles. The van der Waals surface area contributed by atoms with E-state index < -0.39 is 16.8 Å². The molecule has 0 bridgehead atoms. The second-order valence-electron chi connectivity index (χ2n) is 9.46. The van der Waals surface area contributed by atoms with E-state index in [4.69, 9.17) is 4.74 Å². The van der Waals surface area contributed by atoms with Gasteiger partial charge < -0.3 is 19.5 Å². The molecule has 2 aliphatic rings. The van der Waals surface area contributed by atoms with Gasteiger partial charge in [-0.1, -0.05) is 6.92 Å². The molecular weight excluding hydrogens is 467 g/mol. The first-order valence-electron chi connectivity index (χ1n) is 11.2. The summed E-state index contributed by atoms with van der Waals surface area (Å²) in [6.07, 6.45) is 2.85. The lowest BCUT2D eigenvalue weighted by atomic mass is 9.87. The van der Waals surface area contributed by atoms with Crippen LogP contribution in [0.4, 0.5) is 10.1 Å². The number of rotatable bonds is 6. The molecule has 3 heterocycles. The van der Waals surface area contributed by atoms with Crippen molar-refractivity contribution in [2.24, 2.45) is 5.92 Å². The van der Waals surface area contributed by atoms with Gasteiger partial charge in [0.1, 0.15) is 15.9 Å². The van der Waals surface area contributed by atoms with E-state index in [1.165, 1.54) is 13.2 Å². The number of H-pyrrole nitrogens is 1. The fraction of sp³-hybridized carbons (Fsp3) is 0.565. The summed E-state index contributed by atoms with van der Waals surface area (Å²) in [6, 6.07) is 1.48. The van der Waals surface area contributed by atoms with Crippen LogP contribution in [0.15, 0.2) is 15.7 Å². The van der Waals surface area contributed by atoms with Gasteiger partial charge in [-0.3, -0.25) is 14.0 Å². The van der Waals surface area contributed by atoms with Gasteiger partial charge in [0.15, 0.2) is 11.6 Å². The number of nitrogens with one attached hydrogen (secondary N) is 2. The van der Waals surface area contributed by atoms with Crippen molar-refractivity contribution < 1.29 is 9.13 Å². The van der Waals surface area contributed by atoms with E-state index >= 15 is 4.39 Å². The first-order valence-corrected chi connectivity index (χ1v) is 12.1. The van der Waals surface area contributed by atoms with Crippen LogP contribution >= 0.6 is 23.9 Å². The lowest BCUT2D eigenvalue weighted by molar-refractivity contribution is 0.276. The summed E-state index contributed by atoms with van der Waals surface area (Å²) in [5.41, 5.74) is 0.0804. The number of anilines is 1. The molecule has 1 saturated heterocycles. The van der Waals surface area contributed by atoms with Crippen molar-refractivity contribution in [3.63, 3.8) is 0 Å². The van der Waals surface area contributed by atoms with Crippen LogP contribution in [0.2, 0.25) is 0 Å². The Bertz CT molecular complexity index is 1330. The van der Waals surface area contributed by atoms with Crippen molar-refractivity contribution in [1.29, 1.82) is 0 Å². The Hall–Kier alpha value is -2.10. The molecule has 33 heavy (non-hydrogen) atoms. The van der Waals surface area contributed by atoms with Gasteiger partial charge in [0.25, 0.3) is 5.56 Å². The molecule has 0 radical (unpaired) electrons. The number of ether oxygens (including phenoxy) is 1. The number of nitrogens with zero attached hydrogens (tertiary/aromatic N) is 2. The number of aromatic nitrogens is 2. The van der Waals surface area contributed by atoms with Crippen LogP contribution in [-0.4, -0.2) is 41.2 Å². The number of pyridine rings is 1. The normalized spacial score (nSPS) is 18.8. The standard InChI is InChI=1S/C23H29FN4O3S.ClH/c1-5-25-23(2,3)12-8-9-27(11-12)18-15(24)10-14-17(20(18)31-4)28(13-6-7-13)22-16(19(14)29)21(30)26-32-22;/h10,12-13,25H,5-9,11H2,1-4H3,(H,26,30);1H/t12-;/m1./s1. The molecule has 1 aliphatic heterocycles. The third kappa shape index (κ3) is 3.74. The Kier molecular flexibility index (Phi) is 6.26. The van der Waals surface area contributed by atoms with E-state index in [0.29, 0.717) is 40.8 Å². The number of benzene rings is 1. The van der Waals surface area contributed by atoms with Gasteiger partial charge in [0, 0.05) is 24.7 Å². The second-order valence-corrected chi connectivity index (χ2v) is 10.3. The van der Waals surface area contributed by atoms with Gasteiger partial charge in [-0.05, 0) is 63.2 Å². The SMILES string of the molecule is CCNC(C)(C)[C@@H]1CCN(c2c(F)cc3c(=O)c4c(=O)[nH]sc4n(C4CC4)c3c2OC)C1.Cl. The minimum Gasteiger partial charge on any atom is -0.492 e. The van der Waals surface area contributed by atoms with Crippen LogP contribution in [0.5, 0.6) is 5.75 Å². The van der Waals surface area contributed by atoms with Crippen LogP contribution in [0.25, 0.3) is 21.1 Å². The van der Waals surface area contributed by atoms with E-state index in [1.807, 2.05) is 9.47 Å². The summed E-state index contributed by atoms with van der Waals surface area (Å²) in [6.45, 7) is 8.76. The maximum Gasteiger partial charge on any atom is 0.271 e. The monoisotopic (exact) mass is 496 g/mol. The Balaban J connectivity index is 0.00000259. The molecule has 2 aromatic heterocycles. The summed E-state index contributed by atoms with van der Waals surface area (Å²) in [5.74, 6) is 0.251. The summed E-state index contributed by atoms with van der Waals surface area (Å²) in [7, 11) is 1.53. The molecule has 3 aromatic rings. The number of hydrogen-bond acceptors (Lipinski definition) is 6. The van der Waals surface area contributed by atoms with E-state index in [1.54, 1.807) is 0 Å². The van der Waals surface area contributed by atoms with E-state index in [-0.39, 0.29) is 34.8 Å². The van der Waals surface area contributed by atoms with Crippen LogP contribution in [-0.2, 0) is 0 Å². The van der Waals surface area contributed by atoms with Gasteiger partial charge in [0.05, 0.1) is 18.0 Å². The maximum atomic E-state index is 15.6. The molecule has 1 atom stereocenters. The molecule has 7 nitrogen and oxygen atoms in total. The zero-order valence-corrected chi connectivity index (χ0v) is 20.9. The molecule has 2 fully saturated rings. The number of hydrogen-bond donors (Lipinski definition) is 2. The minimum absolute atomic E-state index is 0. The zero-order valence-electron chi connectivity index (χ0n) is 19.3. The summed E-state index contributed by atoms with van der Waals surface area (Å²) in [4.78, 5) is 28.2. The van der Waals surface area contributed by atoms with Crippen molar-refractivity contribution >= 4 is 50.7 Å².